The zero-order valence-electron chi connectivity index (χ0n) is 15.0. The maximum Gasteiger partial charge on any atom is 0.269 e. The molecule has 0 unspecified atom stereocenters. The Balaban J connectivity index is 2.12. The van der Waals surface area contributed by atoms with Crippen molar-refractivity contribution >= 4 is 23.2 Å². The van der Waals surface area contributed by atoms with Crippen LogP contribution < -0.4 is 16.4 Å². The van der Waals surface area contributed by atoms with E-state index >= 15 is 0 Å². The number of H-pyrrole nitrogens is 1. The number of benzene rings is 1. The number of imidazole rings is 1. The number of anilines is 1. The quantitative estimate of drug-likeness (QED) is 0.398. The number of nitro groups is 1. The Bertz CT molecular complexity index is 788. The second-order valence-corrected chi connectivity index (χ2v) is 6.41. The summed E-state index contributed by atoms with van der Waals surface area (Å²) >= 11 is 0. The molecule has 0 aliphatic rings. The lowest BCUT2D eigenvalue weighted by Crippen LogP contribution is -2.52. The molecule has 10 heteroatoms. The first-order chi connectivity index (χ1) is 12.8. The number of rotatable bonds is 8. The summed E-state index contributed by atoms with van der Waals surface area (Å²) in [6.07, 6.45) is 3.22. The van der Waals surface area contributed by atoms with E-state index in [2.05, 4.69) is 20.6 Å². The van der Waals surface area contributed by atoms with Crippen LogP contribution in [0, 0.1) is 16.0 Å². The first kappa shape index (κ1) is 20.0. The summed E-state index contributed by atoms with van der Waals surface area (Å²) in [6, 6.07) is 3.77. The van der Waals surface area contributed by atoms with Gasteiger partial charge >= 0.3 is 0 Å². The third-order valence-corrected chi connectivity index (χ3v) is 3.98. The second-order valence-electron chi connectivity index (χ2n) is 6.41. The fourth-order valence-corrected chi connectivity index (χ4v) is 2.29. The lowest BCUT2D eigenvalue weighted by atomic mass is 10.0. The van der Waals surface area contributed by atoms with Crippen LogP contribution in [0.2, 0.25) is 0 Å². The third-order valence-electron chi connectivity index (χ3n) is 3.98. The molecule has 27 heavy (non-hydrogen) atoms. The molecule has 0 radical (unpaired) electrons. The number of carbonyl (C=O) groups is 2. The van der Waals surface area contributed by atoms with Crippen molar-refractivity contribution in [2.24, 2.45) is 11.7 Å². The van der Waals surface area contributed by atoms with E-state index in [-0.39, 0.29) is 18.0 Å². The van der Waals surface area contributed by atoms with Crippen LogP contribution in [0.25, 0.3) is 0 Å². The lowest BCUT2D eigenvalue weighted by molar-refractivity contribution is -0.384. The minimum absolute atomic E-state index is 0.0850. The minimum Gasteiger partial charge on any atom is -0.348 e. The molecule has 1 heterocycles. The van der Waals surface area contributed by atoms with Crippen LogP contribution in [0.1, 0.15) is 19.5 Å². The van der Waals surface area contributed by atoms with Crippen LogP contribution in [0.5, 0.6) is 0 Å². The molecular weight excluding hydrogens is 352 g/mol. The van der Waals surface area contributed by atoms with Gasteiger partial charge in [0.25, 0.3) is 5.69 Å². The largest absolute Gasteiger partial charge is 0.348 e. The number of nitrogens with one attached hydrogen (secondary N) is 3. The van der Waals surface area contributed by atoms with Crippen LogP contribution >= 0.6 is 0 Å². The van der Waals surface area contributed by atoms with E-state index in [0.717, 1.165) is 0 Å². The molecule has 2 rings (SSSR count). The zero-order chi connectivity index (χ0) is 20.0. The summed E-state index contributed by atoms with van der Waals surface area (Å²) in [5.74, 6) is -0.994. The Kier molecular flexibility index (Phi) is 6.61. The van der Waals surface area contributed by atoms with Crippen LogP contribution in [0.3, 0.4) is 0 Å². The number of carbonyl (C=O) groups excluding carboxylic acids is 2. The second kappa shape index (κ2) is 8.90. The number of aromatic nitrogens is 2. The fraction of sp³-hybridized carbons (Fsp3) is 0.353. The third kappa shape index (κ3) is 5.61. The Labute approximate surface area is 155 Å². The lowest BCUT2D eigenvalue weighted by Gasteiger charge is -2.21. The molecular formula is C17H22N6O4. The van der Waals surface area contributed by atoms with Gasteiger partial charge in [-0.1, -0.05) is 13.8 Å². The molecule has 0 fully saturated rings. The van der Waals surface area contributed by atoms with Crippen LogP contribution in [-0.2, 0) is 16.0 Å². The highest BCUT2D eigenvalue weighted by Gasteiger charge is 2.26. The molecule has 5 N–H and O–H groups in total. The van der Waals surface area contributed by atoms with Crippen molar-refractivity contribution in [3.05, 3.63) is 52.6 Å². The molecule has 10 nitrogen and oxygen atoms in total. The number of aromatic amines is 1. The van der Waals surface area contributed by atoms with Gasteiger partial charge in [0.1, 0.15) is 6.04 Å². The minimum atomic E-state index is -0.891. The summed E-state index contributed by atoms with van der Waals surface area (Å²) in [5.41, 5.74) is 6.81. The van der Waals surface area contributed by atoms with Gasteiger partial charge in [0.15, 0.2) is 0 Å². The highest BCUT2D eigenvalue weighted by atomic mass is 16.6. The molecule has 1 aromatic carbocycles. The van der Waals surface area contributed by atoms with E-state index in [4.69, 9.17) is 5.73 Å². The van der Waals surface area contributed by atoms with Crippen LogP contribution in [-0.4, -0.2) is 38.8 Å². The van der Waals surface area contributed by atoms with Crippen molar-refractivity contribution in [2.45, 2.75) is 32.4 Å². The van der Waals surface area contributed by atoms with Gasteiger partial charge in [0.2, 0.25) is 11.8 Å². The fourth-order valence-electron chi connectivity index (χ4n) is 2.29. The van der Waals surface area contributed by atoms with Gasteiger partial charge in [-0.05, 0) is 18.1 Å². The Morgan fingerprint density at radius 1 is 1.26 bits per heavy atom. The van der Waals surface area contributed by atoms with Gasteiger partial charge in [0.05, 0.1) is 17.3 Å². The number of nitrogens with zero attached hydrogens (tertiary/aromatic N) is 2. The van der Waals surface area contributed by atoms with E-state index in [1.54, 1.807) is 6.20 Å². The molecule has 0 saturated heterocycles. The average molecular weight is 374 g/mol. The highest BCUT2D eigenvalue weighted by Crippen LogP contribution is 2.16. The number of nitrogens with two attached hydrogens (primary N) is 1. The van der Waals surface area contributed by atoms with Gasteiger partial charge in [-0.15, -0.1) is 0 Å². The van der Waals surface area contributed by atoms with Crippen molar-refractivity contribution in [3.8, 4) is 0 Å². The smallest absolute Gasteiger partial charge is 0.269 e. The van der Waals surface area contributed by atoms with Crippen molar-refractivity contribution in [3.63, 3.8) is 0 Å². The molecule has 0 saturated carbocycles. The summed E-state index contributed by atoms with van der Waals surface area (Å²) < 4.78 is 0. The summed E-state index contributed by atoms with van der Waals surface area (Å²) in [7, 11) is 0. The monoisotopic (exact) mass is 374 g/mol. The van der Waals surface area contributed by atoms with E-state index in [9.17, 15) is 19.7 Å². The topological polar surface area (TPSA) is 156 Å². The maximum absolute atomic E-state index is 12.7. The molecule has 0 bridgehead atoms. The normalized spacial score (nSPS) is 13.0. The molecule has 0 aliphatic carbocycles. The number of hydrogen-bond donors (Lipinski definition) is 4. The van der Waals surface area contributed by atoms with Gasteiger partial charge in [0, 0.05) is 36.1 Å². The van der Waals surface area contributed by atoms with Gasteiger partial charge < -0.3 is 21.4 Å². The summed E-state index contributed by atoms with van der Waals surface area (Å²) in [5, 5.41) is 16.0. The molecule has 2 aromatic rings. The van der Waals surface area contributed by atoms with Gasteiger partial charge in [-0.2, -0.15) is 0 Å². The molecule has 1 aromatic heterocycles. The van der Waals surface area contributed by atoms with Gasteiger partial charge in [-0.25, -0.2) is 4.98 Å². The standard InChI is InChI=1S/C17H22N6O4/c1-10(2)15(18)17(25)22-14(7-12-8-19-9-20-12)16(24)21-11-3-5-13(6-4-11)23(26)27/h3-6,8-10,14-15H,7,18H2,1-2H3,(H,19,20)(H,21,24)(H,22,25)/t14-,15-/m0/s1. The van der Waals surface area contributed by atoms with Crippen molar-refractivity contribution in [1.29, 1.82) is 0 Å². The first-order valence-electron chi connectivity index (χ1n) is 8.36. The SMILES string of the molecule is CC(C)[C@H](N)C(=O)N[C@@H](Cc1cnc[nH]1)C(=O)Nc1ccc([N+](=O)[O-])cc1. The molecule has 2 amide bonds. The predicted molar refractivity (Wildman–Crippen MR) is 98.8 cm³/mol. The van der Waals surface area contributed by atoms with Crippen molar-refractivity contribution < 1.29 is 14.5 Å². The number of nitro benzene ring substituents is 1. The number of non-ortho nitro benzene ring substituents is 1. The molecule has 0 spiro atoms. The molecule has 2 atom stereocenters. The highest BCUT2D eigenvalue weighted by molar-refractivity contribution is 5.98. The Morgan fingerprint density at radius 2 is 1.93 bits per heavy atom. The Hall–Kier alpha value is -3.27. The van der Waals surface area contributed by atoms with Crippen LogP contribution in [0.15, 0.2) is 36.8 Å². The van der Waals surface area contributed by atoms with E-state index in [1.807, 2.05) is 13.8 Å². The Morgan fingerprint density at radius 3 is 2.44 bits per heavy atom. The number of hydrogen-bond acceptors (Lipinski definition) is 6. The van der Waals surface area contributed by atoms with Crippen molar-refractivity contribution in [2.75, 3.05) is 5.32 Å². The molecule has 144 valence electrons. The predicted octanol–water partition coefficient (Wildman–Crippen LogP) is 0.967. The van der Waals surface area contributed by atoms with Gasteiger partial charge in [-0.3, -0.25) is 19.7 Å². The van der Waals surface area contributed by atoms with E-state index in [1.165, 1.54) is 30.6 Å². The zero-order valence-corrected chi connectivity index (χ0v) is 15.0. The van der Waals surface area contributed by atoms with E-state index in [0.29, 0.717) is 11.4 Å². The summed E-state index contributed by atoms with van der Waals surface area (Å²) in [6.45, 7) is 3.62. The maximum atomic E-state index is 12.7. The average Bonchev–Trinajstić information content (AvgIpc) is 3.13. The number of amides is 2. The molecule has 0 aliphatic heterocycles. The van der Waals surface area contributed by atoms with Crippen LogP contribution in [0.4, 0.5) is 11.4 Å². The summed E-state index contributed by atoms with van der Waals surface area (Å²) in [4.78, 5) is 41.9. The first-order valence-corrected chi connectivity index (χ1v) is 8.36. The van der Waals surface area contributed by atoms with E-state index < -0.39 is 28.8 Å². The van der Waals surface area contributed by atoms with Crippen molar-refractivity contribution in [1.82, 2.24) is 15.3 Å².